The third-order valence-corrected chi connectivity index (χ3v) is 3.22. The van der Waals surface area contributed by atoms with Crippen LogP contribution in [0.15, 0.2) is 18.3 Å². The molecule has 5 heteroatoms. The number of rotatable bonds is 2. The second-order valence-corrected chi connectivity index (χ2v) is 4.45. The molecule has 1 aromatic rings. The number of aromatic carboxylic acids is 1. The van der Waals surface area contributed by atoms with Gasteiger partial charge in [0.25, 0.3) is 0 Å². The second-order valence-electron chi connectivity index (χ2n) is 4.07. The van der Waals surface area contributed by atoms with E-state index < -0.39 is 5.97 Å². The van der Waals surface area contributed by atoms with Crippen LogP contribution in [-0.2, 0) is 0 Å². The van der Waals surface area contributed by atoms with E-state index in [9.17, 15) is 4.79 Å². The lowest BCUT2D eigenvalue weighted by molar-refractivity contribution is 0.0697. The number of likely N-dealkylation sites (N-methyl/N-ethyl adjacent to an activating group) is 1. The summed E-state index contributed by atoms with van der Waals surface area (Å²) in [7, 11) is 2.04. The van der Waals surface area contributed by atoms with Crippen LogP contribution in [0.4, 0.5) is 0 Å². The van der Waals surface area contributed by atoms with E-state index >= 15 is 0 Å². The van der Waals surface area contributed by atoms with Gasteiger partial charge in [0, 0.05) is 19.3 Å². The zero-order chi connectivity index (χ0) is 12.4. The molecule has 0 fully saturated rings. The van der Waals surface area contributed by atoms with Crippen LogP contribution in [0.25, 0.3) is 5.57 Å². The average molecular weight is 253 g/mol. The maximum Gasteiger partial charge on any atom is 0.337 e. The smallest absolute Gasteiger partial charge is 0.337 e. The Hall–Kier alpha value is -1.39. The van der Waals surface area contributed by atoms with Gasteiger partial charge in [0.2, 0.25) is 0 Å². The van der Waals surface area contributed by atoms with Gasteiger partial charge < -0.3 is 10.0 Å². The SMILES string of the molecule is CN1CC=C(c2nccc(C(=O)O)c2Cl)CC1. The predicted octanol–water partition coefficient (Wildman–Crippen LogP) is 2.15. The Morgan fingerprint density at radius 1 is 1.59 bits per heavy atom. The van der Waals surface area contributed by atoms with E-state index in [2.05, 4.69) is 9.88 Å². The standard InChI is InChI=1S/C12H13ClN2O2/c1-15-6-3-8(4-7-15)11-10(13)9(12(16)17)2-5-14-11/h2-3,5H,4,6-7H2,1H3,(H,16,17). The number of hydrogen-bond acceptors (Lipinski definition) is 3. The highest BCUT2D eigenvalue weighted by molar-refractivity contribution is 6.35. The Kier molecular flexibility index (Phi) is 3.45. The molecule has 0 aromatic carbocycles. The fraction of sp³-hybridized carbons (Fsp3) is 0.333. The molecule has 0 atom stereocenters. The van der Waals surface area contributed by atoms with Crippen LogP contribution in [0.3, 0.4) is 0 Å². The van der Waals surface area contributed by atoms with Crippen LogP contribution in [-0.4, -0.2) is 41.1 Å². The maximum atomic E-state index is 11.0. The first-order chi connectivity index (χ1) is 8.09. The Labute approximate surface area is 105 Å². The highest BCUT2D eigenvalue weighted by Gasteiger charge is 2.18. The molecule has 0 spiro atoms. The van der Waals surface area contributed by atoms with Crippen molar-refractivity contribution in [2.75, 3.05) is 20.1 Å². The van der Waals surface area contributed by atoms with Crippen molar-refractivity contribution in [2.24, 2.45) is 0 Å². The van der Waals surface area contributed by atoms with Crippen molar-refractivity contribution in [2.45, 2.75) is 6.42 Å². The molecular weight excluding hydrogens is 240 g/mol. The molecule has 0 saturated heterocycles. The van der Waals surface area contributed by atoms with Crippen molar-refractivity contribution >= 4 is 23.1 Å². The average Bonchev–Trinajstić information content (AvgIpc) is 2.30. The number of pyridine rings is 1. The molecule has 1 aliphatic heterocycles. The van der Waals surface area contributed by atoms with Crippen LogP contribution < -0.4 is 0 Å². The number of hydrogen-bond donors (Lipinski definition) is 1. The number of nitrogens with zero attached hydrogens (tertiary/aromatic N) is 2. The van der Waals surface area contributed by atoms with Gasteiger partial charge in [0.1, 0.15) is 0 Å². The molecule has 0 unspecified atom stereocenters. The van der Waals surface area contributed by atoms with Crippen LogP contribution >= 0.6 is 11.6 Å². The minimum atomic E-state index is -1.02. The van der Waals surface area contributed by atoms with E-state index in [1.807, 2.05) is 13.1 Å². The molecule has 0 bridgehead atoms. The first kappa shape index (κ1) is 12.1. The second kappa shape index (κ2) is 4.85. The molecule has 2 heterocycles. The minimum absolute atomic E-state index is 0.108. The molecule has 0 amide bonds. The minimum Gasteiger partial charge on any atom is -0.478 e. The molecule has 0 aliphatic carbocycles. The van der Waals surface area contributed by atoms with E-state index in [-0.39, 0.29) is 10.6 Å². The number of carbonyl (C=O) groups is 1. The van der Waals surface area contributed by atoms with Gasteiger partial charge in [-0.25, -0.2) is 4.79 Å². The number of aromatic nitrogens is 1. The molecule has 1 aliphatic rings. The van der Waals surface area contributed by atoms with Crippen molar-refractivity contribution in [1.82, 2.24) is 9.88 Å². The topological polar surface area (TPSA) is 53.4 Å². The highest BCUT2D eigenvalue weighted by atomic mass is 35.5. The van der Waals surface area contributed by atoms with Gasteiger partial charge in [-0.05, 0) is 25.1 Å². The summed E-state index contributed by atoms with van der Waals surface area (Å²) in [6, 6.07) is 1.42. The fourth-order valence-corrected chi connectivity index (χ4v) is 2.13. The normalized spacial score (nSPS) is 16.7. The lowest BCUT2D eigenvalue weighted by atomic mass is 10.0. The van der Waals surface area contributed by atoms with Crippen molar-refractivity contribution in [3.05, 3.63) is 34.6 Å². The highest BCUT2D eigenvalue weighted by Crippen LogP contribution is 2.28. The molecule has 4 nitrogen and oxygen atoms in total. The van der Waals surface area contributed by atoms with Crippen LogP contribution in [0.1, 0.15) is 22.5 Å². The molecule has 17 heavy (non-hydrogen) atoms. The molecule has 0 radical (unpaired) electrons. The van der Waals surface area contributed by atoms with Crippen molar-refractivity contribution in [3.8, 4) is 0 Å². The largest absolute Gasteiger partial charge is 0.478 e. The number of halogens is 1. The number of carboxylic acid groups (broad SMARTS) is 1. The van der Waals surface area contributed by atoms with Gasteiger partial charge >= 0.3 is 5.97 Å². The van der Waals surface area contributed by atoms with Gasteiger partial charge in [-0.1, -0.05) is 17.7 Å². The van der Waals surface area contributed by atoms with Gasteiger partial charge in [-0.2, -0.15) is 0 Å². The summed E-state index contributed by atoms with van der Waals surface area (Å²) in [5.41, 5.74) is 1.73. The summed E-state index contributed by atoms with van der Waals surface area (Å²) < 4.78 is 0. The zero-order valence-corrected chi connectivity index (χ0v) is 10.2. The predicted molar refractivity (Wildman–Crippen MR) is 66.3 cm³/mol. The lowest BCUT2D eigenvalue weighted by Gasteiger charge is -2.22. The third kappa shape index (κ3) is 2.48. The number of carboxylic acids is 1. The Morgan fingerprint density at radius 3 is 2.94 bits per heavy atom. The summed E-state index contributed by atoms with van der Waals surface area (Å²) in [6.07, 6.45) is 4.37. The summed E-state index contributed by atoms with van der Waals surface area (Å²) in [5, 5.41) is 9.22. The fourth-order valence-electron chi connectivity index (χ4n) is 1.82. The summed E-state index contributed by atoms with van der Waals surface area (Å²) in [6.45, 7) is 1.77. The Bertz CT molecular complexity index is 485. The van der Waals surface area contributed by atoms with Gasteiger partial charge in [0.15, 0.2) is 0 Å². The van der Waals surface area contributed by atoms with E-state index in [1.54, 1.807) is 0 Å². The van der Waals surface area contributed by atoms with Crippen LogP contribution in [0.2, 0.25) is 5.02 Å². The van der Waals surface area contributed by atoms with Crippen molar-refractivity contribution in [3.63, 3.8) is 0 Å². The molecular formula is C12H13ClN2O2. The van der Waals surface area contributed by atoms with Crippen molar-refractivity contribution in [1.29, 1.82) is 0 Å². The molecule has 2 rings (SSSR count). The monoisotopic (exact) mass is 252 g/mol. The van der Waals surface area contributed by atoms with E-state index in [0.717, 1.165) is 25.1 Å². The van der Waals surface area contributed by atoms with Gasteiger partial charge in [0.05, 0.1) is 16.3 Å². The Morgan fingerprint density at radius 2 is 2.35 bits per heavy atom. The first-order valence-electron chi connectivity index (χ1n) is 5.35. The summed E-state index contributed by atoms with van der Waals surface area (Å²) >= 11 is 6.08. The van der Waals surface area contributed by atoms with Crippen LogP contribution in [0.5, 0.6) is 0 Å². The van der Waals surface area contributed by atoms with Gasteiger partial charge in [-0.3, -0.25) is 4.98 Å². The summed E-state index contributed by atoms with van der Waals surface area (Å²) in [4.78, 5) is 17.3. The molecule has 1 aromatic heterocycles. The third-order valence-electron chi connectivity index (χ3n) is 2.84. The van der Waals surface area contributed by atoms with E-state index in [0.29, 0.717) is 5.69 Å². The molecule has 90 valence electrons. The summed E-state index contributed by atoms with van der Waals surface area (Å²) in [5.74, 6) is -1.02. The Balaban J connectivity index is 2.40. The first-order valence-corrected chi connectivity index (χ1v) is 5.73. The molecule has 1 N–H and O–H groups in total. The zero-order valence-electron chi connectivity index (χ0n) is 9.48. The van der Waals surface area contributed by atoms with E-state index in [1.165, 1.54) is 12.3 Å². The lowest BCUT2D eigenvalue weighted by Crippen LogP contribution is -2.24. The van der Waals surface area contributed by atoms with Gasteiger partial charge in [-0.15, -0.1) is 0 Å². The van der Waals surface area contributed by atoms with E-state index in [4.69, 9.17) is 16.7 Å². The molecule has 0 saturated carbocycles. The van der Waals surface area contributed by atoms with Crippen molar-refractivity contribution < 1.29 is 9.90 Å². The van der Waals surface area contributed by atoms with Crippen LogP contribution in [0, 0.1) is 0 Å². The quantitative estimate of drug-likeness (QED) is 0.876. The maximum absolute atomic E-state index is 11.0.